The zero-order chi connectivity index (χ0) is 13.4. The molecule has 0 N–H and O–H groups in total. The number of para-hydroxylation sites is 1. The van der Waals surface area contributed by atoms with Crippen LogP contribution in [0.15, 0.2) is 18.2 Å². The van der Waals surface area contributed by atoms with Crippen LogP contribution < -0.4 is 14.5 Å². The van der Waals surface area contributed by atoms with Gasteiger partial charge in [0.15, 0.2) is 0 Å². The van der Waals surface area contributed by atoms with Gasteiger partial charge in [0.05, 0.1) is 12.2 Å². The lowest BCUT2D eigenvalue weighted by Gasteiger charge is -2.41. The Morgan fingerprint density at radius 2 is 2.16 bits per heavy atom. The van der Waals surface area contributed by atoms with E-state index < -0.39 is 0 Å². The highest BCUT2D eigenvalue weighted by atomic mass is 16.5. The van der Waals surface area contributed by atoms with Crippen LogP contribution in [0.3, 0.4) is 0 Å². The lowest BCUT2D eigenvalue weighted by Crippen LogP contribution is -2.47. The van der Waals surface area contributed by atoms with Crippen molar-refractivity contribution in [1.82, 2.24) is 0 Å². The maximum Gasteiger partial charge on any atom is 0.227 e. The Hall–Kier alpha value is -1.71. The van der Waals surface area contributed by atoms with Crippen molar-refractivity contribution in [3.05, 3.63) is 18.2 Å². The van der Waals surface area contributed by atoms with Crippen molar-refractivity contribution in [3.8, 4) is 5.75 Å². The van der Waals surface area contributed by atoms with E-state index in [1.54, 1.807) is 0 Å². The Morgan fingerprint density at radius 3 is 2.95 bits per heavy atom. The number of nitrogens with zero attached hydrogens (tertiary/aromatic N) is 2. The second kappa shape index (κ2) is 4.76. The molecule has 0 radical (unpaired) electrons. The number of carbonyl (C=O) groups excluding carboxylic acids is 1. The molecule has 102 valence electrons. The van der Waals surface area contributed by atoms with Gasteiger partial charge in [0.25, 0.3) is 0 Å². The quantitative estimate of drug-likeness (QED) is 0.818. The fourth-order valence-electron chi connectivity index (χ4n) is 2.82. The number of rotatable bonds is 2. The Morgan fingerprint density at radius 1 is 1.32 bits per heavy atom. The standard InChI is InChI=1S/C15H20N2O2/c1-11(2)10-14(18)17-7-6-16-8-9-19-13-5-3-4-12(17)15(13)16/h3-5,11H,6-10H2,1-2H3. The largest absolute Gasteiger partial charge is 0.489 e. The third-order valence-electron chi connectivity index (χ3n) is 3.68. The molecule has 19 heavy (non-hydrogen) atoms. The molecule has 0 aromatic heterocycles. The molecule has 0 bridgehead atoms. The molecule has 1 amide bonds. The first kappa shape index (κ1) is 12.3. The van der Waals surface area contributed by atoms with Gasteiger partial charge in [-0.05, 0) is 18.1 Å². The summed E-state index contributed by atoms with van der Waals surface area (Å²) in [7, 11) is 0. The molecular weight excluding hydrogens is 240 g/mol. The molecular formula is C15H20N2O2. The molecule has 1 aromatic carbocycles. The maximum absolute atomic E-state index is 12.4. The summed E-state index contributed by atoms with van der Waals surface area (Å²) in [5.41, 5.74) is 2.10. The second-order valence-electron chi connectivity index (χ2n) is 5.60. The Bertz CT molecular complexity index is 499. The molecule has 0 aliphatic carbocycles. The predicted molar refractivity (Wildman–Crippen MR) is 76.0 cm³/mol. The number of benzene rings is 1. The third kappa shape index (κ3) is 2.15. The SMILES string of the molecule is CC(C)CC(=O)N1CCN2CCOc3cccc1c32. The fourth-order valence-corrected chi connectivity index (χ4v) is 2.82. The van der Waals surface area contributed by atoms with E-state index in [1.807, 2.05) is 23.1 Å². The van der Waals surface area contributed by atoms with Crippen LogP contribution in [0.1, 0.15) is 20.3 Å². The smallest absolute Gasteiger partial charge is 0.227 e. The van der Waals surface area contributed by atoms with Crippen LogP contribution in [0.5, 0.6) is 5.75 Å². The van der Waals surface area contributed by atoms with Crippen molar-refractivity contribution in [1.29, 1.82) is 0 Å². The number of hydrogen-bond acceptors (Lipinski definition) is 3. The van der Waals surface area contributed by atoms with E-state index in [-0.39, 0.29) is 5.91 Å². The Balaban J connectivity index is 1.96. The van der Waals surface area contributed by atoms with Crippen molar-refractivity contribution >= 4 is 17.3 Å². The molecule has 2 aliphatic heterocycles. The van der Waals surface area contributed by atoms with Gasteiger partial charge in [-0.2, -0.15) is 0 Å². The van der Waals surface area contributed by atoms with Crippen LogP contribution in [0.4, 0.5) is 11.4 Å². The molecule has 0 spiro atoms. The van der Waals surface area contributed by atoms with E-state index in [2.05, 4.69) is 18.7 Å². The zero-order valence-corrected chi connectivity index (χ0v) is 11.6. The summed E-state index contributed by atoms with van der Waals surface area (Å²) in [6, 6.07) is 5.98. The summed E-state index contributed by atoms with van der Waals surface area (Å²) >= 11 is 0. The molecule has 0 atom stereocenters. The van der Waals surface area contributed by atoms with Gasteiger partial charge in [0.2, 0.25) is 5.91 Å². The van der Waals surface area contributed by atoms with Crippen molar-refractivity contribution in [2.75, 3.05) is 36.0 Å². The molecule has 0 saturated carbocycles. The highest BCUT2D eigenvalue weighted by Crippen LogP contribution is 2.42. The van der Waals surface area contributed by atoms with Gasteiger partial charge >= 0.3 is 0 Å². The van der Waals surface area contributed by atoms with Crippen LogP contribution in [-0.4, -0.2) is 32.1 Å². The van der Waals surface area contributed by atoms with Gasteiger partial charge in [-0.3, -0.25) is 4.79 Å². The van der Waals surface area contributed by atoms with E-state index in [1.165, 1.54) is 0 Å². The van der Waals surface area contributed by atoms with E-state index in [9.17, 15) is 4.79 Å². The Kier molecular flexibility index (Phi) is 3.09. The van der Waals surface area contributed by atoms with Crippen LogP contribution in [0.2, 0.25) is 0 Å². The minimum absolute atomic E-state index is 0.216. The third-order valence-corrected chi connectivity index (χ3v) is 3.68. The highest BCUT2D eigenvalue weighted by Gasteiger charge is 2.31. The van der Waals surface area contributed by atoms with Gasteiger partial charge in [-0.1, -0.05) is 19.9 Å². The summed E-state index contributed by atoms with van der Waals surface area (Å²) in [6.45, 7) is 7.49. The summed E-state index contributed by atoms with van der Waals surface area (Å²) in [4.78, 5) is 16.6. The summed E-state index contributed by atoms with van der Waals surface area (Å²) in [5.74, 6) is 1.51. The van der Waals surface area contributed by atoms with Crippen LogP contribution in [-0.2, 0) is 4.79 Å². The number of amides is 1. The number of carbonyl (C=O) groups is 1. The average molecular weight is 260 g/mol. The van der Waals surface area contributed by atoms with E-state index in [0.29, 0.717) is 12.3 Å². The fraction of sp³-hybridized carbons (Fsp3) is 0.533. The van der Waals surface area contributed by atoms with Crippen molar-refractivity contribution < 1.29 is 9.53 Å². The summed E-state index contributed by atoms with van der Waals surface area (Å²) < 4.78 is 5.70. The van der Waals surface area contributed by atoms with E-state index >= 15 is 0 Å². The van der Waals surface area contributed by atoms with Gasteiger partial charge < -0.3 is 14.5 Å². The van der Waals surface area contributed by atoms with Gasteiger partial charge in [0.1, 0.15) is 18.0 Å². The lowest BCUT2D eigenvalue weighted by atomic mass is 10.1. The van der Waals surface area contributed by atoms with Crippen LogP contribution in [0.25, 0.3) is 0 Å². The molecule has 0 saturated heterocycles. The first-order valence-corrected chi connectivity index (χ1v) is 6.98. The van der Waals surface area contributed by atoms with Crippen LogP contribution >= 0.6 is 0 Å². The van der Waals surface area contributed by atoms with Crippen LogP contribution in [0, 0.1) is 5.92 Å². The minimum Gasteiger partial charge on any atom is -0.489 e. The second-order valence-corrected chi connectivity index (χ2v) is 5.60. The topological polar surface area (TPSA) is 32.8 Å². The van der Waals surface area contributed by atoms with Crippen molar-refractivity contribution in [2.45, 2.75) is 20.3 Å². The van der Waals surface area contributed by atoms with Gasteiger partial charge in [-0.25, -0.2) is 0 Å². The molecule has 4 nitrogen and oxygen atoms in total. The van der Waals surface area contributed by atoms with E-state index in [0.717, 1.165) is 43.4 Å². The first-order chi connectivity index (χ1) is 9.16. The first-order valence-electron chi connectivity index (χ1n) is 6.98. The monoisotopic (exact) mass is 260 g/mol. The highest BCUT2D eigenvalue weighted by molar-refractivity contribution is 5.99. The molecule has 3 rings (SSSR count). The molecule has 0 unspecified atom stereocenters. The predicted octanol–water partition coefficient (Wildman–Crippen LogP) is 2.28. The zero-order valence-electron chi connectivity index (χ0n) is 11.6. The molecule has 0 fully saturated rings. The Labute approximate surface area is 113 Å². The minimum atomic E-state index is 0.216. The summed E-state index contributed by atoms with van der Waals surface area (Å²) in [6.07, 6.45) is 0.602. The number of anilines is 2. The number of hydrogen-bond donors (Lipinski definition) is 0. The molecule has 2 aliphatic rings. The molecule has 4 heteroatoms. The maximum atomic E-state index is 12.4. The average Bonchev–Trinajstić information content (AvgIpc) is 2.39. The van der Waals surface area contributed by atoms with Gasteiger partial charge in [-0.15, -0.1) is 0 Å². The van der Waals surface area contributed by atoms with E-state index in [4.69, 9.17) is 4.74 Å². The normalized spacial score (nSPS) is 17.2. The molecule has 2 heterocycles. The molecule has 1 aromatic rings. The van der Waals surface area contributed by atoms with Crippen molar-refractivity contribution in [2.24, 2.45) is 5.92 Å². The lowest BCUT2D eigenvalue weighted by molar-refractivity contribution is -0.119. The summed E-state index contributed by atoms with van der Waals surface area (Å²) in [5, 5.41) is 0. The number of ether oxygens (including phenoxy) is 1. The van der Waals surface area contributed by atoms with Gasteiger partial charge in [0, 0.05) is 19.5 Å². The van der Waals surface area contributed by atoms with Crippen molar-refractivity contribution in [3.63, 3.8) is 0 Å².